The van der Waals surface area contributed by atoms with E-state index in [-0.39, 0.29) is 11.8 Å². The van der Waals surface area contributed by atoms with Crippen LogP contribution in [0.15, 0.2) is 16.7 Å². The number of nitrogens with one attached hydrogen (secondary N) is 2. The molecule has 86 valence electrons. The minimum atomic E-state index is 0.0259. The van der Waals surface area contributed by atoms with Crippen molar-refractivity contribution in [2.24, 2.45) is 5.92 Å². The minimum Gasteiger partial charge on any atom is -0.368 e. The van der Waals surface area contributed by atoms with E-state index >= 15 is 0 Å². The van der Waals surface area contributed by atoms with Crippen LogP contribution in [0.4, 0.5) is 11.5 Å². The summed E-state index contributed by atoms with van der Waals surface area (Å²) >= 11 is 3.34. The summed E-state index contributed by atoms with van der Waals surface area (Å²) in [7, 11) is 0. The normalized spacial score (nSPS) is 19.4. The van der Waals surface area contributed by atoms with E-state index in [1.54, 1.807) is 6.20 Å². The Bertz CT molecular complexity index is 408. The lowest BCUT2D eigenvalue weighted by atomic mass is 10.0. The zero-order chi connectivity index (χ0) is 11.5. The molecule has 0 radical (unpaired) electrons. The quantitative estimate of drug-likeness (QED) is 0.877. The van der Waals surface area contributed by atoms with Crippen molar-refractivity contribution in [3.8, 4) is 0 Å². The predicted octanol–water partition coefficient (Wildman–Crippen LogP) is 2.62. The fourth-order valence-electron chi connectivity index (χ4n) is 1.80. The molecule has 2 N–H and O–H groups in total. The summed E-state index contributed by atoms with van der Waals surface area (Å²) in [5.74, 6) is 0.848. The molecule has 1 amide bonds. The molecule has 0 fully saturated rings. The molecule has 16 heavy (non-hydrogen) atoms. The fourth-order valence-corrected chi connectivity index (χ4v) is 2.14. The average Bonchev–Trinajstić information content (AvgIpc) is 2.39. The van der Waals surface area contributed by atoms with Gasteiger partial charge in [0, 0.05) is 17.2 Å². The molecule has 0 spiro atoms. The first-order valence-electron chi connectivity index (χ1n) is 5.41. The number of rotatable bonds is 2. The number of aromatic nitrogens is 1. The van der Waals surface area contributed by atoms with Gasteiger partial charge in [0.25, 0.3) is 0 Å². The molecule has 0 bridgehead atoms. The van der Waals surface area contributed by atoms with Gasteiger partial charge < -0.3 is 10.6 Å². The van der Waals surface area contributed by atoms with E-state index < -0.39 is 0 Å². The number of anilines is 2. The molecule has 0 aromatic carbocycles. The van der Waals surface area contributed by atoms with Gasteiger partial charge in [0.15, 0.2) is 0 Å². The van der Waals surface area contributed by atoms with E-state index in [0.717, 1.165) is 28.8 Å². The van der Waals surface area contributed by atoms with Crippen molar-refractivity contribution in [1.82, 2.24) is 4.98 Å². The van der Waals surface area contributed by atoms with Crippen LogP contribution >= 0.6 is 15.9 Å². The molecule has 1 atom stereocenters. The van der Waals surface area contributed by atoms with Gasteiger partial charge in [0.2, 0.25) is 5.91 Å². The molecule has 5 heteroatoms. The van der Waals surface area contributed by atoms with Gasteiger partial charge in [-0.25, -0.2) is 4.98 Å². The Balaban J connectivity index is 2.23. The monoisotopic (exact) mass is 283 g/mol. The van der Waals surface area contributed by atoms with Gasteiger partial charge in [-0.05, 0) is 28.4 Å². The maximum Gasteiger partial charge on any atom is 0.229 e. The first kappa shape index (κ1) is 11.4. The summed E-state index contributed by atoms with van der Waals surface area (Å²) < 4.78 is 0.863. The molecule has 0 saturated carbocycles. The molecule has 0 aliphatic carbocycles. The van der Waals surface area contributed by atoms with E-state index in [1.807, 2.05) is 6.07 Å². The molecule has 1 aromatic heterocycles. The second-order valence-electron chi connectivity index (χ2n) is 3.91. The molecule has 1 aromatic rings. The van der Waals surface area contributed by atoms with Crippen LogP contribution in [0.1, 0.15) is 19.8 Å². The second kappa shape index (κ2) is 4.82. The number of carbonyl (C=O) groups is 1. The first-order valence-corrected chi connectivity index (χ1v) is 6.20. The summed E-state index contributed by atoms with van der Waals surface area (Å²) in [6.07, 6.45) is 3.62. The zero-order valence-corrected chi connectivity index (χ0v) is 10.7. The number of fused-ring (bicyclic) bond motifs is 1. The highest BCUT2D eigenvalue weighted by Crippen LogP contribution is 2.27. The van der Waals surface area contributed by atoms with E-state index in [0.29, 0.717) is 6.54 Å². The third kappa shape index (κ3) is 2.35. The van der Waals surface area contributed by atoms with Crippen LogP contribution in [0.3, 0.4) is 0 Å². The largest absolute Gasteiger partial charge is 0.368 e. The lowest BCUT2D eigenvalue weighted by molar-refractivity contribution is -0.119. The van der Waals surface area contributed by atoms with Gasteiger partial charge >= 0.3 is 0 Å². The van der Waals surface area contributed by atoms with Crippen molar-refractivity contribution in [1.29, 1.82) is 0 Å². The molecule has 2 rings (SSSR count). The standard InChI is InChI=1S/C11H14BrN3O/c1-2-3-7-5-13-10-9(15-11(7)16)4-8(12)6-14-10/h4,6-7H,2-3,5H2,1H3,(H,13,14)(H,15,16). The minimum absolute atomic E-state index is 0.0259. The summed E-state index contributed by atoms with van der Waals surface area (Å²) in [4.78, 5) is 16.1. The van der Waals surface area contributed by atoms with Gasteiger partial charge in [-0.1, -0.05) is 13.3 Å². The van der Waals surface area contributed by atoms with Crippen molar-refractivity contribution in [3.05, 3.63) is 16.7 Å². The zero-order valence-electron chi connectivity index (χ0n) is 9.09. The van der Waals surface area contributed by atoms with Gasteiger partial charge in [-0.3, -0.25) is 4.79 Å². The van der Waals surface area contributed by atoms with Crippen LogP contribution in [-0.4, -0.2) is 17.4 Å². The van der Waals surface area contributed by atoms with Gasteiger partial charge in [0.05, 0.1) is 11.6 Å². The lowest BCUT2D eigenvalue weighted by Crippen LogP contribution is -2.25. The Morgan fingerprint density at radius 2 is 2.44 bits per heavy atom. The highest BCUT2D eigenvalue weighted by molar-refractivity contribution is 9.10. The Hall–Kier alpha value is -1.10. The number of carbonyl (C=O) groups excluding carboxylic acids is 1. The van der Waals surface area contributed by atoms with Crippen LogP contribution in [0.5, 0.6) is 0 Å². The number of nitrogens with zero attached hydrogens (tertiary/aromatic N) is 1. The maximum absolute atomic E-state index is 11.9. The van der Waals surface area contributed by atoms with E-state index in [4.69, 9.17) is 0 Å². The Kier molecular flexibility index (Phi) is 3.43. The molecule has 1 unspecified atom stereocenters. The molecule has 2 heterocycles. The van der Waals surface area contributed by atoms with Gasteiger partial charge in [-0.15, -0.1) is 0 Å². The molecule has 0 saturated heterocycles. The summed E-state index contributed by atoms with van der Waals surface area (Å²) in [6.45, 7) is 2.74. The summed E-state index contributed by atoms with van der Waals surface area (Å²) in [5.41, 5.74) is 0.748. The summed E-state index contributed by atoms with van der Waals surface area (Å²) in [5, 5.41) is 6.11. The van der Waals surface area contributed by atoms with Crippen LogP contribution in [0.25, 0.3) is 0 Å². The Morgan fingerprint density at radius 3 is 3.19 bits per heavy atom. The smallest absolute Gasteiger partial charge is 0.229 e. The van der Waals surface area contributed by atoms with E-state index in [2.05, 4.69) is 38.5 Å². The summed E-state index contributed by atoms with van der Waals surface area (Å²) in [6, 6.07) is 1.86. The van der Waals surface area contributed by atoms with Crippen molar-refractivity contribution in [3.63, 3.8) is 0 Å². The van der Waals surface area contributed by atoms with Gasteiger partial charge in [-0.2, -0.15) is 0 Å². The predicted molar refractivity (Wildman–Crippen MR) is 67.5 cm³/mol. The molecular weight excluding hydrogens is 270 g/mol. The molecule has 1 aliphatic rings. The third-order valence-corrected chi connectivity index (χ3v) is 3.07. The SMILES string of the molecule is CCCC1CNc2ncc(Br)cc2NC1=O. The number of hydrogen-bond acceptors (Lipinski definition) is 3. The Morgan fingerprint density at radius 1 is 1.62 bits per heavy atom. The number of halogens is 1. The van der Waals surface area contributed by atoms with E-state index in [1.165, 1.54) is 0 Å². The average molecular weight is 284 g/mol. The van der Waals surface area contributed by atoms with Crippen LogP contribution < -0.4 is 10.6 Å². The van der Waals surface area contributed by atoms with Crippen molar-refractivity contribution in [2.45, 2.75) is 19.8 Å². The van der Waals surface area contributed by atoms with Gasteiger partial charge in [0.1, 0.15) is 5.82 Å². The fraction of sp³-hybridized carbons (Fsp3) is 0.455. The highest BCUT2D eigenvalue weighted by Gasteiger charge is 2.22. The third-order valence-electron chi connectivity index (χ3n) is 2.64. The van der Waals surface area contributed by atoms with Crippen molar-refractivity contribution >= 4 is 33.3 Å². The number of amides is 1. The number of hydrogen-bond donors (Lipinski definition) is 2. The lowest BCUT2D eigenvalue weighted by Gasteiger charge is -2.10. The topological polar surface area (TPSA) is 54.0 Å². The van der Waals surface area contributed by atoms with Crippen LogP contribution in [0, 0.1) is 5.92 Å². The van der Waals surface area contributed by atoms with Crippen molar-refractivity contribution < 1.29 is 4.79 Å². The number of pyridine rings is 1. The second-order valence-corrected chi connectivity index (χ2v) is 4.82. The highest BCUT2D eigenvalue weighted by atomic mass is 79.9. The Labute approximate surface area is 103 Å². The molecule has 1 aliphatic heterocycles. The first-order chi connectivity index (χ1) is 7.70. The maximum atomic E-state index is 11.9. The van der Waals surface area contributed by atoms with E-state index in [9.17, 15) is 4.79 Å². The molecule has 4 nitrogen and oxygen atoms in total. The molecular formula is C11H14BrN3O. The van der Waals surface area contributed by atoms with Crippen LogP contribution in [0.2, 0.25) is 0 Å². The van der Waals surface area contributed by atoms with Crippen LogP contribution in [-0.2, 0) is 4.79 Å². The van der Waals surface area contributed by atoms with Crippen molar-refractivity contribution in [2.75, 3.05) is 17.2 Å².